The zero-order chi connectivity index (χ0) is 15.3. The van der Waals surface area contributed by atoms with Crippen LogP contribution in [0.5, 0.6) is 0 Å². The number of amidine groups is 1. The summed E-state index contributed by atoms with van der Waals surface area (Å²) in [5.74, 6) is -3.57. The third-order valence-corrected chi connectivity index (χ3v) is 3.49. The Hall–Kier alpha value is -1.65. The minimum atomic E-state index is -4.64. The van der Waals surface area contributed by atoms with Gasteiger partial charge in [-0.1, -0.05) is 23.8 Å². The van der Waals surface area contributed by atoms with E-state index in [0.717, 1.165) is 0 Å². The zero-order valence-electron chi connectivity index (χ0n) is 10.5. The second-order valence-corrected chi connectivity index (χ2v) is 4.88. The molecule has 0 spiro atoms. The van der Waals surface area contributed by atoms with Crippen LogP contribution < -0.4 is 11.4 Å². The second kappa shape index (κ2) is 6.68. The van der Waals surface area contributed by atoms with Gasteiger partial charge in [0.15, 0.2) is 11.0 Å². The van der Waals surface area contributed by atoms with Crippen molar-refractivity contribution in [2.24, 2.45) is 16.8 Å². The van der Waals surface area contributed by atoms with Crippen molar-refractivity contribution in [3.63, 3.8) is 0 Å². The Morgan fingerprint density at radius 2 is 2.30 bits per heavy atom. The molecule has 0 aliphatic heterocycles. The number of oxime groups is 1. The zero-order valence-corrected chi connectivity index (χ0v) is 11.3. The van der Waals surface area contributed by atoms with Crippen LogP contribution in [0.2, 0.25) is 0 Å². The minimum Gasteiger partial charge on any atom is -0.409 e. The van der Waals surface area contributed by atoms with E-state index in [2.05, 4.69) is 15.4 Å². The van der Waals surface area contributed by atoms with Gasteiger partial charge >= 0.3 is 11.9 Å². The highest BCUT2D eigenvalue weighted by atomic mass is 32.2. The summed E-state index contributed by atoms with van der Waals surface area (Å²) in [4.78, 5) is 11.4. The number of nitrogens with one attached hydrogen (secondary N) is 1. The molecule has 0 saturated heterocycles. The van der Waals surface area contributed by atoms with Crippen molar-refractivity contribution in [1.29, 1.82) is 0 Å². The molecule has 1 rings (SSSR count). The number of rotatable bonds is 6. The Morgan fingerprint density at radius 3 is 2.80 bits per heavy atom. The molecule has 114 valence electrons. The van der Waals surface area contributed by atoms with Crippen molar-refractivity contribution >= 4 is 17.6 Å². The predicted octanol–water partition coefficient (Wildman–Crippen LogP) is 0.998. The number of aromatic nitrogens is 3. The van der Waals surface area contributed by atoms with Gasteiger partial charge in [-0.05, 0) is 6.42 Å². The molecule has 0 saturated carbocycles. The van der Waals surface area contributed by atoms with Gasteiger partial charge in [0.25, 0.3) is 0 Å². The van der Waals surface area contributed by atoms with Crippen molar-refractivity contribution in [2.45, 2.75) is 31.2 Å². The first kappa shape index (κ1) is 16.4. The van der Waals surface area contributed by atoms with Crippen LogP contribution in [0, 0.1) is 5.92 Å². The van der Waals surface area contributed by atoms with E-state index in [4.69, 9.17) is 10.9 Å². The molecule has 4 N–H and O–H groups in total. The van der Waals surface area contributed by atoms with Gasteiger partial charge in [0, 0.05) is 12.3 Å². The highest BCUT2D eigenvalue weighted by molar-refractivity contribution is 7.99. The number of thioether (sulfide) groups is 1. The third-order valence-electron chi connectivity index (χ3n) is 2.42. The van der Waals surface area contributed by atoms with Crippen LogP contribution in [0.15, 0.2) is 15.1 Å². The van der Waals surface area contributed by atoms with E-state index in [1.165, 1.54) is 4.57 Å². The monoisotopic (exact) mass is 313 g/mol. The average Bonchev–Trinajstić information content (AvgIpc) is 2.70. The highest BCUT2D eigenvalue weighted by Gasteiger charge is 2.43. The van der Waals surface area contributed by atoms with Crippen LogP contribution >= 0.6 is 11.8 Å². The largest absolute Gasteiger partial charge is 0.409 e. The van der Waals surface area contributed by atoms with E-state index < -0.39 is 29.4 Å². The number of hydrogen-bond acceptors (Lipinski definition) is 5. The Morgan fingerprint density at radius 1 is 1.65 bits per heavy atom. The smallest absolute Gasteiger partial charge is 0.399 e. The lowest BCUT2D eigenvalue weighted by Gasteiger charge is -2.18. The summed E-state index contributed by atoms with van der Waals surface area (Å²) in [5, 5.41) is 16.7. The molecule has 0 aromatic carbocycles. The maximum absolute atomic E-state index is 12.7. The summed E-state index contributed by atoms with van der Waals surface area (Å²) >= 11 is 0.715. The van der Waals surface area contributed by atoms with Crippen LogP contribution in [0.4, 0.5) is 13.2 Å². The number of hydrogen-bond donors (Lipinski definition) is 3. The fraction of sp³-hybridized carbons (Fsp3) is 0.667. The maximum Gasteiger partial charge on any atom is 0.399 e. The van der Waals surface area contributed by atoms with E-state index in [-0.39, 0.29) is 5.16 Å². The van der Waals surface area contributed by atoms with Crippen LogP contribution in [-0.2, 0) is 6.54 Å². The van der Waals surface area contributed by atoms with Crippen molar-refractivity contribution in [3.05, 3.63) is 10.5 Å². The van der Waals surface area contributed by atoms with E-state index in [1.807, 2.05) is 6.92 Å². The molecule has 0 aliphatic carbocycles. The number of aromatic amines is 1. The normalized spacial score (nSPS) is 14.5. The van der Waals surface area contributed by atoms with E-state index in [9.17, 15) is 18.0 Å². The fourth-order valence-electron chi connectivity index (χ4n) is 1.41. The molecular weight excluding hydrogens is 299 g/mol. The molecule has 1 atom stereocenters. The Balaban J connectivity index is 2.86. The van der Waals surface area contributed by atoms with Gasteiger partial charge in [-0.25, -0.2) is 9.89 Å². The molecule has 0 bridgehead atoms. The maximum atomic E-state index is 12.7. The van der Waals surface area contributed by atoms with Gasteiger partial charge in [0.2, 0.25) is 0 Å². The van der Waals surface area contributed by atoms with Gasteiger partial charge in [0.05, 0.1) is 0 Å². The molecule has 1 heterocycles. The van der Waals surface area contributed by atoms with E-state index in [0.29, 0.717) is 24.7 Å². The summed E-state index contributed by atoms with van der Waals surface area (Å²) in [6.07, 6.45) is -4.01. The Kier molecular flexibility index (Phi) is 5.48. The standard InChI is InChI=1S/C9H14F3N5O2S/c1-2-3-17-7(18)14-15-8(17)20-4-5(6(13)16-19)9(10,11)12/h5,19H,2-4H2,1H3,(H2,13,16)(H,14,18). The highest BCUT2D eigenvalue weighted by Crippen LogP contribution is 2.31. The van der Waals surface area contributed by atoms with Crippen LogP contribution in [0.3, 0.4) is 0 Å². The first-order valence-corrected chi connectivity index (χ1v) is 6.62. The molecule has 1 aromatic heterocycles. The second-order valence-electron chi connectivity index (χ2n) is 3.89. The van der Waals surface area contributed by atoms with Gasteiger partial charge in [-0.3, -0.25) is 4.57 Å². The molecule has 11 heteroatoms. The van der Waals surface area contributed by atoms with Gasteiger partial charge in [0.1, 0.15) is 5.92 Å². The van der Waals surface area contributed by atoms with Gasteiger partial charge in [-0.15, -0.1) is 5.10 Å². The van der Waals surface area contributed by atoms with Gasteiger partial charge in [-0.2, -0.15) is 13.2 Å². The van der Waals surface area contributed by atoms with E-state index >= 15 is 0 Å². The number of alkyl halides is 3. The summed E-state index contributed by atoms with van der Waals surface area (Å²) in [6, 6.07) is 0. The van der Waals surface area contributed by atoms with Crippen LogP contribution in [0.25, 0.3) is 0 Å². The number of nitrogens with zero attached hydrogens (tertiary/aromatic N) is 3. The Bertz CT molecular complexity index is 524. The molecule has 0 fully saturated rings. The van der Waals surface area contributed by atoms with Crippen LogP contribution in [0.1, 0.15) is 13.3 Å². The first-order valence-electron chi connectivity index (χ1n) is 5.63. The lowest BCUT2D eigenvalue weighted by molar-refractivity contribution is -0.150. The third kappa shape index (κ3) is 3.92. The van der Waals surface area contributed by atoms with E-state index in [1.54, 1.807) is 0 Å². The minimum absolute atomic E-state index is 0.136. The number of nitrogens with two attached hydrogens (primary N) is 1. The quantitative estimate of drug-likeness (QED) is 0.239. The molecule has 1 aromatic rings. The molecule has 1 unspecified atom stereocenters. The molecular formula is C9H14F3N5O2S. The lowest BCUT2D eigenvalue weighted by atomic mass is 10.1. The molecule has 0 radical (unpaired) electrons. The summed E-state index contributed by atoms with van der Waals surface area (Å²) in [6.45, 7) is 2.17. The molecule has 20 heavy (non-hydrogen) atoms. The lowest BCUT2D eigenvalue weighted by Crippen LogP contribution is -2.37. The number of H-pyrrole nitrogens is 1. The topological polar surface area (TPSA) is 109 Å². The number of halogens is 3. The molecule has 0 amide bonds. The Labute approximate surface area is 116 Å². The van der Waals surface area contributed by atoms with Gasteiger partial charge < -0.3 is 10.9 Å². The SMILES string of the molecule is CCCn1c(SCC(C(N)=NO)C(F)(F)F)n[nH]c1=O. The van der Waals surface area contributed by atoms with Crippen LogP contribution in [-0.4, -0.2) is 37.7 Å². The van der Waals surface area contributed by atoms with Crippen molar-refractivity contribution in [2.75, 3.05) is 5.75 Å². The summed E-state index contributed by atoms with van der Waals surface area (Å²) in [7, 11) is 0. The van der Waals surface area contributed by atoms with Crippen molar-refractivity contribution in [1.82, 2.24) is 14.8 Å². The van der Waals surface area contributed by atoms with Crippen molar-refractivity contribution in [3.8, 4) is 0 Å². The summed E-state index contributed by atoms with van der Waals surface area (Å²) in [5.41, 5.74) is 4.55. The fourth-order valence-corrected chi connectivity index (χ4v) is 2.53. The molecule has 7 nitrogen and oxygen atoms in total. The first-order chi connectivity index (χ1) is 9.31. The summed E-state index contributed by atoms with van der Waals surface area (Å²) < 4.78 is 39.4. The molecule has 0 aliphatic rings. The predicted molar refractivity (Wildman–Crippen MR) is 66.8 cm³/mol. The average molecular weight is 313 g/mol. The van der Waals surface area contributed by atoms with Crippen molar-refractivity contribution < 1.29 is 18.4 Å².